The number of halogens is 2. The maximum absolute atomic E-state index is 14.0. The highest BCUT2D eigenvalue weighted by Gasteiger charge is 2.43. The van der Waals surface area contributed by atoms with Crippen LogP contribution in [0.2, 0.25) is 0 Å². The van der Waals surface area contributed by atoms with E-state index in [0.29, 0.717) is 49.2 Å². The molecule has 0 radical (unpaired) electrons. The van der Waals surface area contributed by atoms with E-state index in [-0.39, 0.29) is 17.3 Å². The number of ether oxygens (including phenoxy) is 1. The molecule has 0 atom stereocenters. The average molecular weight is 478 g/mol. The number of benzene rings is 2. The lowest BCUT2D eigenvalue weighted by Crippen LogP contribution is -2.38. The molecule has 2 aromatic heterocycles. The molecule has 2 aliphatic rings. The number of alkyl halides is 2. The van der Waals surface area contributed by atoms with Gasteiger partial charge in [-0.3, -0.25) is 4.57 Å². The van der Waals surface area contributed by atoms with E-state index in [2.05, 4.69) is 32.4 Å². The van der Waals surface area contributed by atoms with Crippen LogP contribution in [0.1, 0.15) is 30.7 Å². The van der Waals surface area contributed by atoms with Crippen molar-refractivity contribution in [1.82, 2.24) is 24.5 Å². The molecule has 1 aliphatic carbocycles. The lowest BCUT2D eigenvalue weighted by atomic mass is 10.0. The molecule has 0 unspecified atom stereocenters. The third-order valence-corrected chi connectivity index (χ3v) is 6.50. The van der Waals surface area contributed by atoms with Crippen LogP contribution in [0, 0.1) is 0 Å². The van der Waals surface area contributed by atoms with Crippen molar-refractivity contribution in [2.75, 3.05) is 36.5 Å². The SMILES string of the molecule is FC(F)c1nc2ccccc2n1-c1nc(NC2(Cc3ccccc3)CC2)nc(N2CCOCC2)n1. The second kappa shape index (κ2) is 8.84. The molecular formula is C25H25F2N7O. The summed E-state index contributed by atoms with van der Waals surface area (Å²) in [5.41, 5.74) is 2.05. The Kier molecular flexibility index (Phi) is 5.52. The lowest BCUT2D eigenvalue weighted by Gasteiger charge is -2.27. The number of hydrogen-bond acceptors (Lipinski definition) is 7. The van der Waals surface area contributed by atoms with Gasteiger partial charge in [-0.15, -0.1) is 0 Å². The Morgan fingerprint density at radius 3 is 2.34 bits per heavy atom. The normalized spacial score (nSPS) is 17.2. The predicted molar refractivity (Wildman–Crippen MR) is 128 cm³/mol. The van der Waals surface area contributed by atoms with Crippen LogP contribution in [-0.4, -0.2) is 56.3 Å². The minimum absolute atomic E-state index is 0.128. The zero-order valence-electron chi connectivity index (χ0n) is 19.1. The summed E-state index contributed by atoms with van der Waals surface area (Å²) in [5, 5.41) is 3.52. The first-order chi connectivity index (χ1) is 17.1. The summed E-state index contributed by atoms with van der Waals surface area (Å²) in [4.78, 5) is 20.1. The monoisotopic (exact) mass is 477 g/mol. The van der Waals surface area contributed by atoms with Crippen molar-refractivity contribution in [3.05, 3.63) is 66.0 Å². The van der Waals surface area contributed by atoms with Gasteiger partial charge in [-0.05, 0) is 37.0 Å². The number of imidazole rings is 1. The summed E-state index contributed by atoms with van der Waals surface area (Å²) in [6, 6.07) is 17.3. The van der Waals surface area contributed by atoms with E-state index >= 15 is 0 Å². The zero-order chi connectivity index (χ0) is 23.8. The van der Waals surface area contributed by atoms with Crippen LogP contribution in [-0.2, 0) is 11.2 Å². The molecule has 10 heteroatoms. The van der Waals surface area contributed by atoms with Gasteiger partial charge in [0.25, 0.3) is 6.43 Å². The fraction of sp³-hybridized carbons (Fsp3) is 0.360. The molecule has 1 saturated carbocycles. The zero-order valence-corrected chi connectivity index (χ0v) is 19.1. The number of morpholine rings is 1. The Morgan fingerprint density at radius 1 is 0.886 bits per heavy atom. The molecule has 2 aromatic carbocycles. The molecule has 4 aromatic rings. The number of nitrogens with zero attached hydrogens (tertiary/aromatic N) is 6. The molecule has 0 amide bonds. The van der Waals surface area contributed by atoms with Crippen molar-refractivity contribution in [3.63, 3.8) is 0 Å². The minimum Gasteiger partial charge on any atom is -0.378 e. The van der Waals surface area contributed by atoms with Crippen molar-refractivity contribution in [3.8, 4) is 5.95 Å². The molecule has 1 aliphatic heterocycles. The third-order valence-electron chi connectivity index (χ3n) is 6.50. The molecule has 1 saturated heterocycles. The van der Waals surface area contributed by atoms with E-state index in [0.717, 1.165) is 19.3 Å². The van der Waals surface area contributed by atoms with Crippen LogP contribution in [0.5, 0.6) is 0 Å². The standard InChI is InChI=1S/C25H25F2N7O/c26-20(27)21-28-18-8-4-5-9-19(18)34(21)24-30-22(29-23(31-24)33-12-14-35-15-13-33)32-25(10-11-25)16-17-6-2-1-3-7-17/h1-9,20H,10-16H2,(H,29,30,31,32). The van der Waals surface area contributed by atoms with Gasteiger partial charge < -0.3 is 15.0 Å². The van der Waals surface area contributed by atoms with Crippen LogP contribution in [0.15, 0.2) is 54.6 Å². The van der Waals surface area contributed by atoms with Gasteiger partial charge in [0.05, 0.1) is 24.2 Å². The molecular weight excluding hydrogens is 452 g/mol. The molecule has 35 heavy (non-hydrogen) atoms. The van der Waals surface area contributed by atoms with E-state index in [1.807, 2.05) is 23.1 Å². The van der Waals surface area contributed by atoms with Gasteiger partial charge >= 0.3 is 0 Å². The van der Waals surface area contributed by atoms with Crippen molar-refractivity contribution in [2.24, 2.45) is 0 Å². The Labute approximate surface area is 201 Å². The van der Waals surface area contributed by atoms with Crippen LogP contribution in [0.3, 0.4) is 0 Å². The fourth-order valence-electron chi connectivity index (χ4n) is 4.54. The Hall–Kier alpha value is -3.66. The van der Waals surface area contributed by atoms with E-state index in [1.54, 1.807) is 24.3 Å². The first-order valence-electron chi connectivity index (χ1n) is 11.8. The number of hydrogen-bond donors (Lipinski definition) is 1. The Morgan fingerprint density at radius 2 is 1.60 bits per heavy atom. The summed E-state index contributed by atoms with van der Waals surface area (Å²) in [5.74, 6) is 0.558. The summed E-state index contributed by atoms with van der Waals surface area (Å²) in [7, 11) is 0. The molecule has 1 N–H and O–H groups in total. The van der Waals surface area contributed by atoms with Crippen LogP contribution >= 0.6 is 0 Å². The van der Waals surface area contributed by atoms with Gasteiger partial charge in [0.15, 0.2) is 5.82 Å². The predicted octanol–water partition coefficient (Wildman–Crippen LogP) is 4.17. The van der Waals surface area contributed by atoms with Crippen molar-refractivity contribution < 1.29 is 13.5 Å². The summed E-state index contributed by atoms with van der Waals surface area (Å²) in [6.45, 7) is 2.34. The number of para-hydroxylation sites is 2. The Balaban J connectivity index is 1.43. The number of fused-ring (bicyclic) bond motifs is 1. The molecule has 0 spiro atoms. The summed E-state index contributed by atoms with van der Waals surface area (Å²) < 4.78 is 34.9. The van der Waals surface area contributed by atoms with Gasteiger partial charge in [0.1, 0.15) is 0 Å². The number of anilines is 2. The number of aromatic nitrogens is 5. The van der Waals surface area contributed by atoms with Gasteiger partial charge in [-0.2, -0.15) is 15.0 Å². The molecule has 6 rings (SSSR count). The lowest BCUT2D eigenvalue weighted by molar-refractivity contribution is 0.122. The third kappa shape index (κ3) is 4.41. The Bertz CT molecular complexity index is 1330. The maximum atomic E-state index is 14.0. The number of rotatable bonds is 7. The first-order valence-corrected chi connectivity index (χ1v) is 11.8. The molecule has 3 heterocycles. The van der Waals surface area contributed by atoms with Crippen molar-refractivity contribution >= 4 is 22.9 Å². The van der Waals surface area contributed by atoms with Crippen LogP contribution in [0.4, 0.5) is 20.7 Å². The van der Waals surface area contributed by atoms with E-state index in [1.165, 1.54) is 10.1 Å². The van der Waals surface area contributed by atoms with Gasteiger partial charge in [0.2, 0.25) is 17.8 Å². The molecule has 0 bridgehead atoms. The highest BCUT2D eigenvalue weighted by molar-refractivity contribution is 5.77. The van der Waals surface area contributed by atoms with Crippen LogP contribution < -0.4 is 10.2 Å². The second-order valence-electron chi connectivity index (χ2n) is 9.02. The van der Waals surface area contributed by atoms with Gasteiger partial charge in [-0.1, -0.05) is 42.5 Å². The molecule has 2 fully saturated rings. The highest BCUT2D eigenvalue weighted by Crippen LogP contribution is 2.41. The van der Waals surface area contributed by atoms with Gasteiger partial charge in [-0.25, -0.2) is 13.8 Å². The second-order valence-corrected chi connectivity index (χ2v) is 9.02. The molecule has 8 nitrogen and oxygen atoms in total. The quantitative estimate of drug-likeness (QED) is 0.428. The first kappa shape index (κ1) is 21.8. The summed E-state index contributed by atoms with van der Waals surface area (Å²) in [6.07, 6.45) is 0.00575. The topological polar surface area (TPSA) is 81.0 Å². The maximum Gasteiger partial charge on any atom is 0.296 e. The number of nitrogens with one attached hydrogen (secondary N) is 1. The summed E-state index contributed by atoms with van der Waals surface area (Å²) >= 11 is 0. The van der Waals surface area contributed by atoms with Gasteiger partial charge in [0, 0.05) is 18.6 Å². The van der Waals surface area contributed by atoms with E-state index in [9.17, 15) is 8.78 Å². The van der Waals surface area contributed by atoms with E-state index in [4.69, 9.17) is 9.72 Å². The van der Waals surface area contributed by atoms with Crippen molar-refractivity contribution in [1.29, 1.82) is 0 Å². The average Bonchev–Trinajstić information content (AvgIpc) is 3.51. The van der Waals surface area contributed by atoms with E-state index < -0.39 is 6.43 Å². The largest absolute Gasteiger partial charge is 0.378 e. The molecule has 180 valence electrons. The van der Waals surface area contributed by atoms with Crippen LogP contribution in [0.25, 0.3) is 17.0 Å². The fourth-order valence-corrected chi connectivity index (χ4v) is 4.54. The highest BCUT2D eigenvalue weighted by atomic mass is 19.3. The van der Waals surface area contributed by atoms with Crippen molar-refractivity contribution in [2.45, 2.75) is 31.2 Å². The minimum atomic E-state index is -2.78. The smallest absolute Gasteiger partial charge is 0.296 e.